The highest BCUT2D eigenvalue weighted by Gasteiger charge is 2.46. The fraction of sp³-hybridized carbons (Fsp3) is 0.429. The summed E-state index contributed by atoms with van der Waals surface area (Å²) >= 11 is 0. The largest absolute Gasteiger partial charge is 0.586 e. The predicted octanol–water partition coefficient (Wildman–Crippen LogP) is 2.98. The number of fused-ring (bicyclic) bond motifs is 1. The zero-order valence-electron chi connectivity index (χ0n) is 18.0. The van der Waals surface area contributed by atoms with E-state index in [2.05, 4.69) is 19.3 Å². The molecule has 0 unspecified atom stereocenters. The molecule has 2 aliphatic heterocycles. The van der Waals surface area contributed by atoms with E-state index in [1.165, 1.54) is 31.4 Å². The molecule has 0 aromatic heterocycles. The van der Waals surface area contributed by atoms with Crippen LogP contribution in [0.2, 0.25) is 0 Å². The van der Waals surface area contributed by atoms with E-state index in [1.54, 1.807) is 19.1 Å². The second-order valence-corrected chi connectivity index (χ2v) is 9.43. The average Bonchev–Trinajstić information content (AvgIpc) is 3.09. The number of sulfonamides is 1. The molecule has 174 valence electrons. The molecule has 0 atom stereocenters. The Bertz CT molecular complexity index is 1100. The van der Waals surface area contributed by atoms with Crippen LogP contribution in [0.15, 0.2) is 41.3 Å². The average molecular weight is 470 g/mol. The van der Waals surface area contributed by atoms with Gasteiger partial charge in [-0.15, -0.1) is 8.78 Å². The van der Waals surface area contributed by atoms with Gasteiger partial charge in [-0.05, 0) is 44.3 Å². The molecule has 4 rings (SSSR count). The van der Waals surface area contributed by atoms with Crippen LogP contribution in [-0.2, 0) is 10.0 Å². The van der Waals surface area contributed by atoms with Crippen LogP contribution in [-0.4, -0.2) is 66.5 Å². The first-order valence-electron chi connectivity index (χ1n) is 10.2. The zero-order chi connectivity index (χ0) is 23.1. The molecule has 11 heteroatoms. The zero-order valence-corrected chi connectivity index (χ0v) is 18.9. The Kier molecular flexibility index (Phi) is 5.80. The topological polar surface area (TPSA) is 71.5 Å². The van der Waals surface area contributed by atoms with Gasteiger partial charge in [0.15, 0.2) is 11.5 Å². The molecule has 32 heavy (non-hydrogen) atoms. The number of nitrogens with zero attached hydrogens (tertiary/aromatic N) is 3. The maximum absolute atomic E-state index is 13.6. The van der Waals surface area contributed by atoms with Gasteiger partial charge in [-0.25, -0.2) is 8.42 Å². The third-order valence-electron chi connectivity index (χ3n) is 5.55. The summed E-state index contributed by atoms with van der Waals surface area (Å²) in [6, 6.07) is 8.79. The van der Waals surface area contributed by atoms with Gasteiger partial charge in [0, 0.05) is 32.7 Å². The van der Waals surface area contributed by atoms with Crippen LogP contribution in [0.4, 0.5) is 20.2 Å². The van der Waals surface area contributed by atoms with Crippen LogP contribution in [0.5, 0.6) is 17.2 Å². The molecule has 0 N–H and O–H groups in total. The van der Waals surface area contributed by atoms with Crippen molar-refractivity contribution in [3.05, 3.63) is 36.4 Å². The Morgan fingerprint density at radius 2 is 1.84 bits per heavy atom. The number of halogens is 2. The van der Waals surface area contributed by atoms with E-state index in [4.69, 9.17) is 4.74 Å². The van der Waals surface area contributed by atoms with Crippen molar-refractivity contribution < 1.29 is 31.4 Å². The lowest BCUT2D eigenvalue weighted by Crippen LogP contribution is -2.44. The molecule has 0 radical (unpaired) electrons. The molecular formula is C21H25F2N3O5S. The van der Waals surface area contributed by atoms with Crippen molar-refractivity contribution in [1.29, 1.82) is 0 Å². The predicted molar refractivity (Wildman–Crippen MR) is 116 cm³/mol. The minimum atomic E-state index is -4.10. The number of hydrogen-bond acceptors (Lipinski definition) is 7. The maximum Gasteiger partial charge on any atom is 0.586 e. The van der Waals surface area contributed by atoms with Gasteiger partial charge >= 0.3 is 6.29 Å². The summed E-state index contributed by atoms with van der Waals surface area (Å²) in [6.07, 6.45) is -3.85. The molecule has 2 heterocycles. The van der Waals surface area contributed by atoms with Gasteiger partial charge in [-0.3, -0.25) is 4.31 Å². The van der Waals surface area contributed by atoms with E-state index in [0.29, 0.717) is 11.4 Å². The fourth-order valence-corrected chi connectivity index (χ4v) is 5.37. The number of ether oxygens (including phenoxy) is 3. The molecule has 0 bridgehead atoms. The van der Waals surface area contributed by atoms with Crippen LogP contribution in [0.3, 0.4) is 0 Å². The summed E-state index contributed by atoms with van der Waals surface area (Å²) in [7, 11) is -0.536. The molecule has 0 aliphatic carbocycles. The van der Waals surface area contributed by atoms with E-state index < -0.39 is 16.3 Å². The van der Waals surface area contributed by atoms with Crippen LogP contribution >= 0.6 is 0 Å². The van der Waals surface area contributed by atoms with Crippen molar-refractivity contribution in [3.63, 3.8) is 0 Å². The lowest BCUT2D eigenvalue weighted by atomic mass is 10.2. The molecule has 1 saturated heterocycles. The Balaban J connectivity index is 1.74. The minimum absolute atomic E-state index is 0.00356. The Labute approximate surface area is 185 Å². The molecule has 2 aromatic rings. The van der Waals surface area contributed by atoms with Crippen molar-refractivity contribution in [1.82, 2.24) is 4.90 Å². The Morgan fingerprint density at radius 3 is 2.50 bits per heavy atom. The number of hydrogen-bond donors (Lipinski definition) is 0. The van der Waals surface area contributed by atoms with Gasteiger partial charge in [0.1, 0.15) is 5.75 Å². The third kappa shape index (κ3) is 4.02. The van der Waals surface area contributed by atoms with E-state index in [9.17, 15) is 17.2 Å². The van der Waals surface area contributed by atoms with Crippen LogP contribution in [0.25, 0.3) is 0 Å². The number of methoxy groups -OCH3 is 1. The van der Waals surface area contributed by atoms with E-state index >= 15 is 0 Å². The van der Waals surface area contributed by atoms with Gasteiger partial charge in [0.05, 0.1) is 23.4 Å². The summed E-state index contributed by atoms with van der Waals surface area (Å²) in [6.45, 7) is 4.74. The molecule has 1 fully saturated rings. The minimum Gasteiger partial charge on any atom is -0.495 e. The molecular weight excluding hydrogens is 444 g/mol. The quantitative estimate of drug-likeness (QED) is 0.644. The summed E-state index contributed by atoms with van der Waals surface area (Å²) in [5, 5.41) is 0. The molecule has 0 spiro atoms. The van der Waals surface area contributed by atoms with Crippen LogP contribution in [0, 0.1) is 0 Å². The van der Waals surface area contributed by atoms with E-state index in [1.807, 2.05) is 7.05 Å². The van der Waals surface area contributed by atoms with Crippen molar-refractivity contribution in [2.24, 2.45) is 0 Å². The highest BCUT2D eigenvalue weighted by molar-refractivity contribution is 7.92. The SMILES string of the molecule is CCN(c1cccc2c1OC(F)(F)O2)S(=O)(=O)c1ccc(OC)c(N2CCN(C)CC2)c1. The number of likely N-dealkylation sites (N-methyl/N-ethyl adjacent to an activating group) is 1. The first-order chi connectivity index (χ1) is 15.2. The first kappa shape index (κ1) is 22.4. The number of alkyl halides is 2. The van der Waals surface area contributed by atoms with Gasteiger partial charge in [-0.1, -0.05) is 6.07 Å². The summed E-state index contributed by atoms with van der Waals surface area (Å²) in [5.41, 5.74) is 0.654. The third-order valence-corrected chi connectivity index (χ3v) is 7.43. The number of piperazine rings is 1. The number of para-hydroxylation sites is 1. The van der Waals surface area contributed by atoms with Crippen LogP contribution in [0.1, 0.15) is 6.92 Å². The van der Waals surface area contributed by atoms with Crippen molar-refractivity contribution in [3.8, 4) is 17.2 Å². The van der Waals surface area contributed by atoms with E-state index in [-0.39, 0.29) is 28.6 Å². The first-order valence-corrected chi connectivity index (χ1v) is 11.6. The standard InChI is InChI=1S/C21H25F2N3O5S/c1-4-26(16-6-5-7-19-20(16)31-21(22,23)30-19)32(27,28)15-8-9-18(29-3)17(14-15)25-12-10-24(2)11-13-25/h5-9,14H,4,10-13H2,1-3H3. The molecule has 2 aromatic carbocycles. The summed E-state index contributed by atoms with van der Waals surface area (Å²) < 4.78 is 70.0. The van der Waals surface area contributed by atoms with Gasteiger partial charge < -0.3 is 24.0 Å². The fourth-order valence-electron chi connectivity index (χ4n) is 3.87. The summed E-state index contributed by atoms with van der Waals surface area (Å²) in [4.78, 5) is 4.29. The second kappa shape index (κ2) is 8.28. The van der Waals surface area contributed by atoms with Gasteiger partial charge in [-0.2, -0.15) is 0 Å². The number of rotatable bonds is 6. The molecule has 0 amide bonds. The Morgan fingerprint density at radius 1 is 1.12 bits per heavy atom. The van der Waals surface area contributed by atoms with Crippen LogP contribution < -0.4 is 23.4 Å². The Hall–Kier alpha value is -2.79. The smallest absolute Gasteiger partial charge is 0.495 e. The highest BCUT2D eigenvalue weighted by Crippen LogP contribution is 2.48. The molecule has 8 nitrogen and oxygen atoms in total. The van der Waals surface area contributed by atoms with Crippen molar-refractivity contribution in [2.45, 2.75) is 18.1 Å². The van der Waals surface area contributed by atoms with Gasteiger partial charge in [0.25, 0.3) is 10.0 Å². The maximum atomic E-state index is 13.6. The lowest BCUT2D eigenvalue weighted by molar-refractivity contribution is -0.286. The molecule has 0 saturated carbocycles. The highest BCUT2D eigenvalue weighted by atomic mass is 32.2. The normalized spacial score (nSPS) is 18.0. The van der Waals surface area contributed by atoms with Crippen molar-refractivity contribution >= 4 is 21.4 Å². The van der Waals surface area contributed by atoms with Crippen molar-refractivity contribution in [2.75, 3.05) is 56.1 Å². The monoisotopic (exact) mass is 469 g/mol. The molecule has 2 aliphatic rings. The number of anilines is 2. The number of benzene rings is 2. The van der Waals surface area contributed by atoms with E-state index in [0.717, 1.165) is 30.5 Å². The second-order valence-electron chi connectivity index (χ2n) is 7.57. The van der Waals surface area contributed by atoms with Gasteiger partial charge in [0.2, 0.25) is 0 Å². The lowest BCUT2D eigenvalue weighted by Gasteiger charge is -2.35. The summed E-state index contributed by atoms with van der Waals surface area (Å²) in [5.74, 6) is 0.0401.